The van der Waals surface area contributed by atoms with E-state index < -0.39 is 4.92 Å². The van der Waals surface area contributed by atoms with Crippen molar-refractivity contribution in [3.8, 4) is 0 Å². The number of carbonyl (C=O) groups is 1. The van der Waals surface area contributed by atoms with E-state index in [2.05, 4.69) is 26.2 Å². The lowest BCUT2D eigenvalue weighted by Crippen LogP contribution is -2.14. The fourth-order valence-corrected chi connectivity index (χ4v) is 1.94. The van der Waals surface area contributed by atoms with Gasteiger partial charge >= 0.3 is 0 Å². The van der Waals surface area contributed by atoms with E-state index in [9.17, 15) is 14.9 Å². The molecule has 6 nitrogen and oxygen atoms in total. The highest BCUT2D eigenvalue weighted by Gasteiger charge is 2.08. The Balaban J connectivity index is 2.01. The number of aromatic nitrogens is 1. The Morgan fingerprint density at radius 1 is 1.30 bits per heavy atom. The number of hydrogen-bond acceptors (Lipinski definition) is 4. The van der Waals surface area contributed by atoms with Crippen LogP contribution in [0.4, 0.5) is 11.4 Å². The van der Waals surface area contributed by atoms with Gasteiger partial charge in [0, 0.05) is 24.5 Å². The molecular weight excluding hydrogens is 326 g/mol. The minimum atomic E-state index is -0.474. The molecule has 1 heterocycles. The number of nitrogens with zero attached hydrogens (tertiary/aromatic N) is 2. The van der Waals surface area contributed by atoms with Crippen LogP contribution < -0.4 is 5.32 Å². The van der Waals surface area contributed by atoms with Crippen LogP contribution >= 0.6 is 15.9 Å². The van der Waals surface area contributed by atoms with Crippen LogP contribution in [0.15, 0.2) is 47.2 Å². The second-order valence-electron chi connectivity index (χ2n) is 4.00. The molecule has 0 saturated heterocycles. The van der Waals surface area contributed by atoms with E-state index in [1.165, 1.54) is 12.1 Å². The Morgan fingerprint density at radius 3 is 2.60 bits per heavy atom. The molecule has 1 aromatic carbocycles. The maximum absolute atomic E-state index is 11.9. The lowest BCUT2D eigenvalue weighted by Gasteiger charge is -2.06. The summed E-state index contributed by atoms with van der Waals surface area (Å²) in [5.41, 5.74) is 1.34. The molecule has 0 spiro atoms. The first kappa shape index (κ1) is 14.1. The number of halogens is 1. The molecule has 0 fully saturated rings. The summed E-state index contributed by atoms with van der Waals surface area (Å²) in [6.45, 7) is 0. The molecule has 0 unspecified atom stereocenters. The van der Waals surface area contributed by atoms with Crippen LogP contribution in [0.3, 0.4) is 0 Å². The topological polar surface area (TPSA) is 85.1 Å². The SMILES string of the molecule is O=C(Cc1ccc([N+](=O)[O-])cc1)Nc1ccncc1Br. The third-order valence-electron chi connectivity index (χ3n) is 2.56. The quantitative estimate of drug-likeness (QED) is 0.687. The summed E-state index contributed by atoms with van der Waals surface area (Å²) in [6.07, 6.45) is 3.31. The summed E-state index contributed by atoms with van der Waals surface area (Å²) in [4.78, 5) is 25.8. The summed E-state index contributed by atoms with van der Waals surface area (Å²) >= 11 is 3.28. The highest BCUT2D eigenvalue weighted by Crippen LogP contribution is 2.20. The molecule has 1 aromatic heterocycles. The first-order valence-electron chi connectivity index (χ1n) is 5.69. The number of nitro groups is 1. The van der Waals surface area contributed by atoms with Gasteiger partial charge in [-0.15, -0.1) is 0 Å². The van der Waals surface area contributed by atoms with Gasteiger partial charge in [-0.1, -0.05) is 12.1 Å². The number of nitrogens with one attached hydrogen (secondary N) is 1. The molecule has 0 atom stereocenters. The van der Waals surface area contributed by atoms with Crippen molar-refractivity contribution in [2.24, 2.45) is 0 Å². The minimum absolute atomic E-state index is 0.00559. The standard InChI is InChI=1S/C13H10BrN3O3/c14-11-8-15-6-5-12(11)16-13(18)7-9-1-3-10(4-2-9)17(19)20/h1-6,8H,7H2,(H,15,16,18). The molecule has 0 saturated carbocycles. The summed E-state index contributed by atoms with van der Waals surface area (Å²) in [6, 6.07) is 7.58. The number of benzene rings is 1. The molecule has 2 rings (SSSR count). The fourth-order valence-electron chi connectivity index (χ4n) is 1.59. The number of hydrogen-bond donors (Lipinski definition) is 1. The predicted octanol–water partition coefficient (Wildman–Crippen LogP) is 2.93. The lowest BCUT2D eigenvalue weighted by atomic mass is 10.1. The van der Waals surface area contributed by atoms with Crippen molar-refractivity contribution in [3.05, 3.63) is 62.9 Å². The van der Waals surface area contributed by atoms with Gasteiger partial charge < -0.3 is 5.32 Å². The third kappa shape index (κ3) is 3.61. The van der Waals surface area contributed by atoms with Gasteiger partial charge in [-0.3, -0.25) is 19.9 Å². The van der Waals surface area contributed by atoms with E-state index in [4.69, 9.17) is 0 Å². The van der Waals surface area contributed by atoms with Crippen LogP contribution in [0.2, 0.25) is 0 Å². The van der Waals surface area contributed by atoms with Crippen molar-refractivity contribution in [1.29, 1.82) is 0 Å². The minimum Gasteiger partial charge on any atom is -0.325 e. The van der Waals surface area contributed by atoms with Gasteiger partial charge in [-0.2, -0.15) is 0 Å². The number of nitro benzene ring substituents is 1. The zero-order valence-electron chi connectivity index (χ0n) is 10.2. The van der Waals surface area contributed by atoms with Gasteiger partial charge in [0.25, 0.3) is 5.69 Å². The smallest absolute Gasteiger partial charge is 0.269 e. The van der Waals surface area contributed by atoms with E-state index in [1.807, 2.05) is 0 Å². The molecule has 0 radical (unpaired) electrons. The van der Waals surface area contributed by atoms with Crippen molar-refractivity contribution in [2.45, 2.75) is 6.42 Å². The molecule has 7 heteroatoms. The van der Waals surface area contributed by atoms with Crippen molar-refractivity contribution >= 4 is 33.2 Å². The number of carbonyl (C=O) groups excluding carboxylic acids is 1. The van der Waals surface area contributed by atoms with Gasteiger partial charge in [-0.05, 0) is 27.6 Å². The maximum Gasteiger partial charge on any atom is 0.269 e. The monoisotopic (exact) mass is 335 g/mol. The maximum atomic E-state index is 11.9. The second-order valence-corrected chi connectivity index (χ2v) is 4.86. The van der Waals surface area contributed by atoms with E-state index in [1.54, 1.807) is 30.6 Å². The van der Waals surface area contributed by atoms with Gasteiger partial charge in [0.1, 0.15) is 0 Å². The largest absolute Gasteiger partial charge is 0.325 e. The Hall–Kier alpha value is -2.28. The van der Waals surface area contributed by atoms with Crippen molar-refractivity contribution in [1.82, 2.24) is 4.98 Å². The van der Waals surface area contributed by atoms with E-state index in [0.717, 1.165) is 0 Å². The van der Waals surface area contributed by atoms with Crippen LogP contribution in [0.25, 0.3) is 0 Å². The average Bonchev–Trinajstić information content (AvgIpc) is 2.42. The molecule has 0 aliphatic carbocycles. The van der Waals surface area contributed by atoms with Crippen molar-refractivity contribution < 1.29 is 9.72 Å². The van der Waals surface area contributed by atoms with Gasteiger partial charge in [0.15, 0.2) is 0 Å². The summed E-state index contributed by atoms with van der Waals surface area (Å²) in [7, 11) is 0. The molecule has 20 heavy (non-hydrogen) atoms. The van der Waals surface area contributed by atoms with Crippen LogP contribution in [-0.2, 0) is 11.2 Å². The van der Waals surface area contributed by atoms with Crippen LogP contribution in [0, 0.1) is 10.1 Å². The first-order valence-corrected chi connectivity index (χ1v) is 6.48. The zero-order valence-corrected chi connectivity index (χ0v) is 11.8. The lowest BCUT2D eigenvalue weighted by molar-refractivity contribution is -0.384. The van der Waals surface area contributed by atoms with Gasteiger partial charge in [0.2, 0.25) is 5.91 Å². The first-order chi connectivity index (χ1) is 9.56. The number of amides is 1. The molecule has 1 amide bonds. The summed E-state index contributed by atoms with van der Waals surface area (Å²) < 4.78 is 0.692. The molecule has 2 aromatic rings. The van der Waals surface area contributed by atoms with Crippen molar-refractivity contribution in [3.63, 3.8) is 0 Å². The summed E-state index contributed by atoms with van der Waals surface area (Å²) in [5.74, 6) is -0.203. The number of non-ortho nitro benzene ring substituents is 1. The third-order valence-corrected chi connectivity index (χ3v) is 3.19. The van der Waals surface area contributed by atoms with Crippen molar-refractivity contribution in [2.75, 3.05) is 5.32 Å². The Bertz CT molecular complexity index is 644. The zero-order chi connectivity index (χ0) is 14.5. The molecule has 1 N–H and O–H groups in total. The van der Waals surface area contributed by atoms with Gasteiger partial charge in [0.05, 0.1) is 21.5 Å². The predicted molar refractivity (Wildman–Crippen MR) is 77.4 cm³/mol. The van der Waals surface area contributed by atoms with Crippen LogP contribution in [0.5, 0.6) is 0 Å². The molecule has 0 bridgehead atoms. The van der Waals surface area contributed by atoms with E-state index >= 15 is 0 Å². The molecule has 102 valence electrons. The molecule has 0 aliphatic heterocycles. The summed E-state index contributed by atoms with van der Waals surface area (Å²) in [5, 5.41) is 13.3. The number of pyridine rings is 1. The van der Waals surface area contributed by atoms with E-state index in [-0.39, 0.29) is 18.0 Å². The fraction of sp³-hybridized carbons (Fsp3) is 0.0769. The van der Waals surface area contributed by atoms with Crippen LogP contribution in [0.1, 0.15) is 5.56 Å². The van der Waals surface area contributed by atoms with Gasteiger partial charge in [-0.25, -0.2) is 0 Å². The molecular formula is C13H10BrN3O3. The number of anilines is 1. The normalized spacial score (nSPS) is 10.1. The Morgan fingerprint density at radius 2 is 2.00 bits per heavy atom. The van der Waals surface area contributed by atoms with E-state index in [0.29, 0.717) is 15.7 Å². The number of rotatable bonds is 4. The van der Waals surface area contributed by atoms with Crippen LogP contribution in [-0.4, -0.2) is 15.8 Å². The Kier molecular flexibility index (Phi) is 4.41. The highest BCUT2D eigenvalue weighted by atomic mass is 79.9. The Labute approximate surface area is 123 Å². The second kappa shape index (κ2) is 6.25. The average molecular weight is 336 g/mol. The molecule has 0 aliphatic rings. The highest BCUT2D eigenvalue weighted by molar-refractivity contribution is 9.10.